The van der Waals surface area contributed by atoms with Crippen molar-refractivity contribution in [1.82, 2.24) is 10.2 Å². The molecule has 1 amide bonds. The number of nitrogens with one attached hydrogen (secondary N) is 1. The zero-order valence-electron chi connectivity index (χ0n) is 14.4. The SMILES string of the molecule is CNC1CCCN(C(=O)c2cccc(OCc3cccc(Cl)c3)c2)C1. The lowest BCUT2D eigenvalue weighted by molar-refractivity contribution is 0.0697. The number of benzene rings is 2. The molecule has 1 unspecified atom stereocenters. The van der Waals surface area contributed by atoms with E-state index in [0.29, 0.717) is 29.0 Å². The molecule has 132 valence electrons. The van der Waals surface area contributed by atoms with E-state index in [9.17, 15) is 4.79 Å². The summed E-state index contributed by atoms with van der Waals surface area (Å²) in [5.41, 5.74) is 1.66. The van der Waals surface area contributed by atoms with Crippen LogP contribution in [0.2, 0.25) is 5.02 Å². The highest BCUT2D eigenvalue weighted by atomic mass is 35.5. The van der Waals surface area contributed by atoms with Crippen molar-refractivity contribution in [3.8, 4) is 5.75 Å². The van der Waals surface area contributed by atoms with E-state index in [1.165, 1.54) is 0 Å². The molecule has 0 aromatic heterocycles. The zero-order valence-corrected chi connectivity index (χ0v) is 15.1. The molecule has 1 saturated heterocycles. The molecule has 1 heterocycles. The lowest BCUT2D eigenvalue weighted by Gasteiger charge is -2.32. The van der Waals surface area contributed by atoms with Crippen LogP contribution in [0.5, 0.6) is 5.75 Å². The van der Waals surface area contributed by atoms with Gasteiger partial charge in [-0.1, -0.05) is 29.8 Å². The fourth-order valence-corrected chi connectivity index (χ4v) is 3.31. The fourth-order valence-electron chi connectivity index (χ4n) is 3.09. The van der Waals surface area contributed by atoms with Gasteiger partial charge in [0, 0.05) is 29.7 Å². The van der Waals surface area contributed by atoms with Crippen LogP contribution in [0.25, 0.3) is 0 Å². The summed E-state index contributed by atoms with van der Waals surface area (Å²) in [5.74, 6) is 0.751. The predicted molar refractivity (Wildman–Crippen MR) is 100 cm³/mol. The van der Waals surface area contributed by atoms with Gasteiger partial charge < -0.3 is 15.0 Å². The molecule has 4 nitrogen and oxygen atoms in total. The van der Waals surface area contributed by atoms with E-state index in [1.54, 1.807) is 0 Å². The van der Waals surface area contributed by atoms with Crippen molar-refractivity contribution in [2.75, 3.05) is 20.1 Å². The second-order valence-electron chi connectivity index (χ2n) is 6.33. The van der Waals surface area contributed by atoms with E-state index in [-0.39, 0.29) is 5.91 Å². The van der Waals surface area contributed by atoms with Gasteiger partial charge in [0.1, 0.15) is 12.4 Å². The molecule has 25 heavy (non-hydrogen) atoms. The van der Waals surface area contributed by atoms with Crippen molar-refractivity contribution in [2.45, 2.75) is 25.5 Å². The smallest absolute Gasteiger partial charge is 0.254 e. The third kappa shape index (κ3) is 4.74. The molecular formula is C20H23ClN2O2. The van der Waals surface area contributed by atoms with Crippen LogP contribution in [0.3, 0.4) is 0 Å². The molecule has 0 radical (unpaired) electrons. The maximum atomic E-state index is 12.8. The van der Waals surface area contributed by atoms with Gasteiger partial charge in [-0.15, -0.1) is 0 Å². The standard InChI is InChI=1S/C20H23ClN2O2/c1-22-18-8-4-10-23(13-18)20(24)16-6-3-9-19(12-16)25-14-15-5-2-7-17(21)11-15/h2-3,5-7,9,11-12,18,22H,4,8,10,13-14H2,1H3. The third-order valence-corrected chi connectivity index (χ3v) is 4.73. The molecule has 0 spiro atoms. The summed E-state index contributed by atoms with van der Waals surface area (Å²) < 4.78 is 5.83. The van der Waals surface area contributed by atoms with Gasteiger partial charge in [-0.3, -0.25) is 4.79 Å². The Bertz CT molecular complexity index is 735. The van der Waals surface area contributed by atoms with Crippen LogP contribution in [-0.4, -0.2) is 37.0 Å². The van der Waals surface area contributed by atoms with Gasteiger partial charge >= 0.3 is 0 Å². The van der Waals surface area contributed by atoms with Crippen molar-refractivity contribution in [3.05, 3.63) is 64.7 Å². The van der Waals surface area contributed by atoms with Gasteiger partial charge in [0.15, 0.2) is 0 Å². The number of nitrogens with zero attached hydrogens (tertiary/aromatic N) is 1. The van der Waals surface area contributed by atoms with Crippen molar-refractivity contribution < 1.29 is 9.53 Å². The quantitative estimate of drug-likeness (QED) is 0.885. The number of carbonyl (C=O) groups excluding carboxylic acids is 1. The Morgan fingerprint density at radius 3 is 2.92 bits per heavy atom. The molecule has 1 N–H and O–H groups in total. The van der Waals surface area contributed by atoms with Gasteiger partial charge in [-0.2, -0.15) is 0 Å². The highest BCUT2D eigenvalue weighted by Crippen LogP contribution is 2.19. The first kappa shape index (κ1) is 17.8. The van der Waals surface area contributed by atoms with E-state index in [1.807, 2.05) is 60.5 Å². The van der Waals surface area contributed by atoms with Gasteiger partial charge in [0.05, 0.1) is 0 Å². The van der Waals surface area contributed by atoms with Gasteiger partial charge in [0.25, 0.3) is 5.91 Å². The minimum absolute atomic E-state index is 0.0631. The molecule has 1 aliphatic rings. The Balaban J connectivity index is 1.65. The molecule has 0 bridgehead atoms. The molecule has 1 aliphatic heterocycles. The molecule has 1 fully saturated rings. The molecule has 0 aliphatic carbocycles. The monoisotopic (exact) mass is 358 g/mol. The lowest BCUT2D eigenvalue weighted by Crippen LogP contribution is -2.46. The van der Waals surface area contributed by atoms with Gasteiger partial charge in [0.2, 0.25) is 0 Å². The number of likely N-dealkylation sites (tertiary alicyclic amines) is 1. The average molecular weight is 359 g/mol. The number of ether oxygens (including phenoxy) is 1. The first-order valence-corrected chi connectivity index (χ1v) is 8.97. The highest BCUT2D eigenvalue weighted by molar-refractivity contribution is 6.30. The Hall–Kier alpha value is -2.04. The van der Waals surface area contributed by atoms with E-state index in [4.69, 9.17) is 16.3 Å². The molecular weight excluding hydrogens is 336 g/mol. The number of hydrogen-bond donors (Lipinski definition) is 1. The van der Waals surface area contributed by atoms with Gasteiger partial charge in [-0.05, 0) is 55.8 Å². The van der Waals surface area contributed by atoms with E-state index in [2.05, 4.69) is 5.32 Å². The Morgan fingerprint density at radius 2 is 2.12 bits per heavy atom. The first-order chi connectivity index (χ1) is 12.2. The number of likely N-dealkylation sites (N-methyl/N-ethyl adjacent to an activating group) is 1. The van der Waals surface area contributed by atoms with Gasteiger partial charge in [-0.25, -0.2) is 0 Å². The van der Waals surface area contributed by atoms with Crippen LogP contribution in [0, 0.1) is 0 Å². The maximum Gasteiger partial charge on any atom is 0.254 e. The summed E-state index contributed by atoms with van der Waals surface area (Å²) in [6.45, 7) is 1.98. The molecule has 1 atom stereocenters. The minimum Gasteiger partial charge on any atom is -0.489 e. The second-order valence-corrected chi connectivity index (χ2v) is 6.76. The molecule has 0 saturated carbocycles. The van der Waals surface area contributed by atoms with Crippen molar-refractivity contribution >= 4 is 17.5 Å². The summed E-state index contributed by atoms with van der Waals surface area (Å²) in [4.78, 5) is 14.7. The maximum absolute atomic E-state index is 12.8. The number of carbonyl (C=O) groups is 1. The predicted octanol–water partition coefficient (Wildman–Crippen LogP) is 3.74. The largest absolute Gasteiger partial charge is 0.489 e. The number of amides is 1. The number of hydrogen-bond acceptors (Lipinski definition) is 3. The van der Waals surface area contributed by atoms with Crippen LogP contribution in [0.4, 0.5) is 0 Å². The molecule has 3 rings (SSSR count). The average Bonchev–Trinajstić information content (AvgIpc) is 2.66. The summed E-state index contributed by atoms with van der Waals surface area (Å²) >= 11 is 5.99. The van der Waals surface area contributed by atoms with Crippen molar-refractivity contribution in [3.63, 3.8) is 0 Å². The number of halogens is 1. The summed E-state index contributed by atoms with van der Waals surface area (Å²) in [6, 6.07) is 15.3. The minimum atomic E-state index is 0.0631. The summed E-state index contributed by atoms with van der Waals surface area (Å²) in [5, 5.41) is 3.95. The number of rotatable bonds is 5. The van der Waals surface area contributed by atoms with Crippen molar-refractivity contribution in [2.24, 2.45) is 0 Å². The second kappa shape index (κ2) is 8.37. The Morgan fingerprint density at radius 1 is 1.28 bits per heavy atom. The van der Waals surface area contributed by atoms with Crippen LogP contribution < -0.4 is 10.1 Å². The topological polar surface area (TPSA) is 41.6 Å². The summed E-state index contributed by atoms with van der Waals surface area (Å²) in [7, 11) is 1.95. The zero-order chi connectivity index (χ0) is 17.6. The fraction of sp³-hybridized carbons (Fsp3) is 0.350. The van der Waals surface area contributed by atoms with Crippen molar-refractivity contribution in [1.29, 1.82) is 0 Å². The Labute approximate surface area is 153 Å². The highest BCUT2D eigenvalue weighted by Gasteiger charge is 2.23. The van der Waals surface area contributed by atoms with Crippen LogP contribution in [0.15, 0.2) is 48.5 Å². The summed E-state index contributed by atoms with van der Waals surface area (Å²) in [6.07, 6.45) is 2.14. The number of piperidine rings is 1. The molecule has 2 aromatic carbocycles. The van der Waals surface area contributed by atoms with Crippen LogP contribution in [-0.2, 0) is 6.61 Å². The molecule has 5 heteroatoms. The first-order valence-electron chi connectivity index (χ1n) is 8.59. The van der Waals surface area contributed by atoms with E-state index >= 15 is 0 Å². The van der Waals surface area contributed by atoms with Crippen LogP contribution in [0.1, 0.15) is 28.8 Å². The third-order valence-electron chi connectivity index (χ3n) is 4.49. The lowest BCUT2D eigenvalue weighted by atomic mass is 10.0. The Kier molecular flexibility index (Phi) is 5.95. The van der Waals surface area contributed by atoms with E-state index < -0.39 is 0 Å². The normalized spacial score (nSPS) is 17.4. The van der Waals surface area contributed by atoms with E-state index in [0.717, 1.165) is 31.5 Å². The van der Waals surface area contributed by atoms with Crippen LogP contribution >= 0.6 is 11.6 Å². The molecule has 2 aromatic rings.